The first-order valence-corrected chi connectivity index (χ1v) is 6.49. The van der Waals surface area contributed by atoms with E-state index in [9.17, 15) is 9.90 Å². The summed E-state index contributed by atoms with van der Waals surface area (Å²) in [5.41, 5.74) is -0.624. The molecule has 0 aliphatic carbocycles. The van der Waals surface area contributed by atoms with Crippen molar-refractivity contribution in [3.8, 4) is 0 Å². The van der Waals surface area contributed by atoms with Gasteiger partial charge in [-0.05, 0) is 41.0 Å². The number of rotatable bonds is 4. The summed E-state index contributed by atoms with van der Waals surface area (Å²) < 4.78 is 0. The molecule has 17 heavy (non-hydrogen) atoms. The fourth-order valence-corrected chi connectivity index (χ4v) is 2.62. The Morgan fingerprint density at radius 3 is 2.24 bits per heavy atom. The lowest BCUT2D eigenvalue weighted by Gasteiger charge is -2.32. The molecule has 1 fully saturated rings. The molecular weight excluding hydrogens is 216 g/mol. The predicted molar refractivity (Wildman–Crippen MR) is 68.8 cm³/mol. The van der Waals surface area contributed by atoms with E-state index in [2.05, 4.69) is 0 Å². The van der Waals surface area contributed by atoms with E-state index in [1.54, 1.807) is 0 Å². The second-order valence-corrected chi connectivity index (χ2v) is 5.95. The van der Waals surface area contributed by atoms with E-state index in [-0.39, 0.29) is 18.0 Å². The lowest BCUT2D eigenvalue weighted by Crippen LogP contribution is -2.47. The van der Waals surface area contributed by atoms with Crippen molar-refractivity contribution in [2.45, 2.75) is 58.7 Å². The van der Waals surface area contributed by atoms with Crippen molar-refractivity contribution in [1.82, 2.24) is 9.80 Å². The van der Waals surface area contributed by atoms with Gasteiger partial charge in [0.15, 0.2) is 0 Å². The number of likely N-dealkylation sites (tertiary alicyclic amines) is 1. The van der Waals surface area contributed by atoms with Crippen molar-refractivity contribution >= 4 is 5.91 Å². The van der Waals surface area contributed by atoms with Crippen molar-refractivity contribution in [3.05, 3.63) is 0 Å². The summed E-state index contributed by atoms with van der Waals surface area (Å²) in [5.74, 6) is 0.160. The Morgan fingerprint density at radius 2 is 1.88 bits per heavy atom. The van der Waals surface area contributed by atoms with Crippen molar-refractivity contribution in [3.63, 3.8) is 0 Å². The third-order valence-electron chi connectivity index (χ3n) is 3.29. The number of hydrogen-bond acceptors (Lipinski definition) is 3. The minimum atomic E-state index is -0.624. The van der Waals surface area contributed by atoms with Crippen LogP contribution < -0.4 is 0 Å². The van der Waals surface area contributed by atoms with E-state index < -0.39 is 5.60 Å². The van der Waals surface area contributed by atoms with Crippen LogP contribution in [0.25, 0.3) is 0 Å². The van der Waals surface area contributed by atoms with Gasteiger partial charge >= 0.3 is 0 Å². The number of β-amino-alcohol motifs (C(OH)–C–C–N with tert-alkyl or cyclic N) is 1. The van der Waals surface area contributed by atoms with Crippen molar-refractivity contribution in [2.75, 3.05) is 19.6 Å². The molecule has 0 saturated carbocycles. The predicted octanol–water partition coefficient (Wildman–Crippen LogP) is 1.09. The van der Waals surface area contributed by atoms with Gasteiger partial charge in [0.1, 0.15) is 0 Å². The second kappa shape index (κ2) is 5.36. The number of amides is 1. The molecule has 4 heteroatoms. The molecule has 1 saturated heterocycles. The molecule has 0 spiro atoms. The highest BCUT2D eigenvalue weighted by Crippen LogP contribution is 2.20. The number of aliphatic hydroxyl groups is 1. The number of nitrogens with zero attached hydrogens (tertiary/aromatic N) is 2. The Bertz CT molecular complexity index is 267. The van der Waals surface area contributed by atoms with Crippen molar-refractivity contribution in [2.24, 2.45) is 0 Å². The third-order valence-corrected chi connectivity index (χ3v) is 3.29. The van der Waals surface area contributed by atoms with Gasteiger partial charge in [0, 0.05) is 25.2 Å². The summed E-state index contributed by atoms with van der Waals surface area (Å²) >= 11 is 0. The maximum absolute atomic E-state index is 12.2. The smallest absolute Gasteiger partial charge is 0.237 e. The molecule has 1 aliphatic rings. The topological polar surface area (TPSA) is 43.8 Å². The lowest BCUT2D eigenvalue weighted by atomic mass is 10.1. The normalized spacial score (nSPS) is 25.9. The van der Waals surface area contributed by atoms with Gasteiger partial charge in [-0.3, -0.25) is 9.69 Å². The molecule has 1 atom stereocenters. The van der Waals surface area contributed by atoms with Crippen LogP contribution in [0, 0.1) is 0 Å². The van der Waals surface area contributed by atoms with Crippen LogP contribution in [-0.2, 0) is 4.79 Å². The van der Waals surface area contributed by atoms with Crippen LogP contribution in [0.15, 0.2) is 0 Å². The lowest BCUT2D eigenvalue weighted by molar-refractivity contribution is -0.135. The molecular formula is C13H26N2O2. The fraction of sp³-hybridized carbons (Fsp3) is 0.923. The third kappa shape index (κ3) is 3.96. The standard InChI is InChI=1S/C13H26N2O2/c1-10(2)15(11(3)4)12(16)8-14-7-6-13(5,17)9-14/h10-11,17H,6-9H2,1-5H3. The van der Waals surface area contributed by atoms with Gasteiger partial charge in [0.25, 0.3) is 0 Å². The highest BCUT2D eigenvalue weighted by Gasteiger charge is 2.33. The van der Waals surface area contributed by atoms with Crippen LogP contribution >= 0.6 is 0 Å². The van der Waals surface area contributed by atoms with E-state index in [0.717, 1.165) is 13.0 Å². The van der Waals surface area contributed by atoms with Crippen molar-refractivity contribution in [1.29, 1.82) is 0 Å². The molecule has 0 aromatic heterocycles. The Labute approximate surface area is 105 Å². The summed E-state index contributed by atoms with van der Waals surface area (Å²) in [6, 6.07) is 0.455. The van der Waals surface area contributed by atoms with E-state index in [1.807, 2.05) is 44.4 Å². The first kappa shape index (κ1) is 14.5. The van der Waals surface area contributed by atoms with Crippen LogP contribution in [0.4, 0.5) is 0 Å². The summed E-state index contributed by atoms with van der Waals surface area (Å²) in [6.45, 7) is 11.8. The number of hydrogen-bond donors (Lipinski definition) is 1. The summed E-state index contributed by atoms with van der Waals surface area (Å²) in [4.78, 5) is 16.1. The molecule has 1 amide bonds. The van der Waals surface area contributed by atoms with Crippen LogP contribution in [0.5, 0.6) is 0 Å². The Morgan fingerprint density at radius 1 is 1.35 bits per heavy atom. The zero-order valence-electron chi connectivity index (χ0n) is 11.7. The Balaban J connectivity index is 2.54. The highest BCUT2D eigenvalue weighted by atomic mass is 16.3. The first-order chi connectivity index (χ1) is 7.73. The molecule has 1 heterocycles. The molecule has 0 aromatic carbocycles. The summed E-state index contributed by atoms with van der Waals surface area (Å²) in [6.07, 6.45) is 0.754. The van der Waals surface area contributed by atoms with E-state index in [4.69, 9.17) is 0 Å². The van der Waals surface area contributed by atoms with Gasteiger partial charge < -0.3 is 10.0 Å². The van der Waals surface area contributed by atoms with E-state index in [0.29, 0.717) is 13.1 Å². The average Bonchev–Trinajstić information content (AvgIpc) is 2.43. The van der Waals surface area contributed by atoms with Gasteiger partial charge in [-0.25, -0.2) is 0 Å². The minimum Gasteiger partial charge on any atom is -0.389 e. The van der Waals surface area contributed by atoms with Crippen LogP contribution in [0.3, 0.4) is 0 Å². The number of carbonyl (C=O) groups excluding carboxylic acids is 1. The molecule has 0 aromatic rings. The summed E-state index contributed by atoms with van der Waals surface area (Å²) in [7, 11) is 0. The maximum Gasteiger partial charge on any atom is 0.237 e. The Kier molecular flexibility index (Phi) is 4.55. The molecule has 100 valence electrons. The molecule has 4 nitrogen and oxygen atoms in total. The van der Waals surface area contributed by atoms with Crippen LogP contribution in [0.1, 0.15) is 41.0 Å². The van der Waals surface area contributed by atoms with Crippen LogP contribution in [0.2, 0.25) is 0 Å². The van der Waals surface area contributed by atoms with Gasteiger partial charge in [-0.1, -0.05) is 0 Å². The van der Waals surface area contributed by atoms with E-state index in [1.165, 1.54) is 0 Å². The van der Waals surface area contributed by atoms with Gasteiger partial charge in [0.2, 0.25) is 5.91 Å². The largest absolute Gasteiger partial charge is 0.389 e. The monoisotopic (exact) mass is 242 g/mol. The quantitative estimate of drug-likeness (QED) is 0.802. The number of carbonyl (C=O) groups is 1. The molecule has 1 aliphatic heterocycles. The Hall–Kier alpha value is -0.610. The van der Waals surface area contributed by atoms with Gasteiger partial charge in [-0.15, -0.1) is 0 Å². The molecule has 1 unspecified atom stereocenters. The second-order valence-electron chi connectivity index (χ2n) is 5.95. The first-order valence-electron chi connectivity index (χ1n) is 6.49. The fourth-order valence-electron chi connectivity index (χ4n) is 2.62. The highest BCUT2D eigenvalue weighted by molar-refractivity contribution is 5.78. The van der Waals surface area contributed by atoms with Gasteiger partial charge in [-0.2, -0.15) is 0 Å². The molecule has 0 bridgehead atoms. The molecule has 1 N–H and O–H groups in total. The summed E-state index contributed by atoms with van der Waals surface area (Å²) in [5, 5.41) is 9.87. The zero-order chi connectivity index (χ0) is 13.2. The average molecular weight is 242 g/mol. The van der Waals surface area contributed by atoms with Crippen molar-refractivity contribution < 1.29 is 9.90 Å². The molecule has 1 rings (SSSR count). The molecule has 0 radical (unpaired) electrons. The maximum atomic E-state index is 12.2. The van der Waals surface area contributed by atoms with Crippen LogP contribution in [-0.4, -0.2) is 58.1 Å². The van der Waals surface area contributed by atoms with Gasteiger partial charge in [0.05, 0.1) is 12.1 Å². The minimum absolute atomic E-state index is 0.160. The SMILES string of the molecule is CC(C)N(C(=O)CN1CCC(C)(O)C1)C(C)C. The zero-order valence-corrected chi connectivity index (χ0v) is 11.7. The van der Waals surface area contributed by atoms with E-state index >= 15 is 0 Å².